The van der Waals surface area contributed by atoms with Crippen LogP contribution < -0.4 is 5.32 Å². The van der Waals surface area contributed by atoms with Gasteiger partial charge in [0.25, 0.3) is 0 Å². The van der Waals surface area contributed by atoms with E-state index in [4.69, 9.17) is 4.52 Å². The van der Waals surface area contributed by atoms with Crippen LogP contribution in [0.4, 0.5) is 0 Å². The van der Waals surface area contributed by atoms with Crippen LogP contribution in [-0.2, 0) is 26.8 Å². The van der Waals surface area contributed by atoms with Crippen LogP contribution in [0, 0.1) is 6.92 Å². The van der Waals surface area contributed by atoms with Crippen LogP contribution >= 0.6 is 0 Å². The second-order valence-corrected chi connectivity index (χ2v) is 7.73. The van der Waals surface area contributed by atoms with E-state index in [2.05, 4.69) is 10.5 Å². The van der Waals surface area contributed by atoms with E-state index >= 15 is 0 Å². The highest BCUT2D eigenvalue weighted by atomic mass is 32.2. The van der Waals surface area contributed by atoms with E-state index in [0.717, 1.165) is 5.56 Å². The third-order valence-corrected chi connectivity index (χ3v) is 5.48. The average Bonchev–Trinajstić information content (AvgIpc) is 2.91. The van der Waals surface area contributed by atoms with Crippen LogP contribution in [0.3, 0.4) is 0 Å². The predicted molar refractivity (Wildman–Crippen MR) is 86.5 cm³/mol. The number of benzene rings is 1. The van der Waals surface area contributed by atoms with Gasteiger partial charge in [0.1, 0.15) is 11.0 Å². The van der Waals surface area contributed by atoms with Gasteiger partial charge in [0.05, 0.1) is 11.4 Å². The number of hydrogen-bond donors (Lipinski definition) is 1. The Morgan fingerprint density at radius 1 is 1.30 bits per heavy atom. The molecule has 6 nitrogen and oxygen atoms in total. The van der Waals surface area contributed by atoms with Gasteiger partial charge < -0.3 is 9.84 Å². The van der Waals surface area contributed by atoms with Crippen LogP contribution in [0.1, 0.15) is 23.9 Å². The summed E-state index contributed by atoms with van der Waals surface area (Å²) in [6.07, 6.45) is 0.655. The van der Waals surface area contributed by atoms with Gasteiger partial charge in [-0.25, -0.2) is 8.42 Å². The summed E-state index contributed by atoms with van der Waals surface area (Å²) < 4.78 is 29.3. The minimum absolute atomic E-state index is 0.308. The topological polar surface area (TPSA) is 89.3 Å². The van der Waals surface area contributed by atoms with E-state index in [1.807, 2.05) is 30.3 Å². The molecule has 2 rings (SSSR count). The molecule has 0 spiro atoms. The number of carbonyl (C=O) groups excluding carboxylic acids is 1. The predicted octanol–water partition coefficient (Wildman–Crippen LogP) is 1.65. The lowest BCUT2D eigenvalue weighted by Gasteiger charge is -2.12. The first-order valence-electron chi connectivity index (χ1n) is 7.34. The molecule has 0 bridgehead atoms. The Kier molecular flexibility index (Phi) is 5.54. The summed E-state index contributed by atoms with van der Waals surface area (Å²) in [5.74, 6) is -0.270. The maximum Gasteiger partial charge on any atom is 0.238 e. The van der Waals surface area contributed by atoms with Gasteiger partial charge in [0.15, 0.2) is 9.84 Å². The lowest BCUT2D eigenvalue weighted by Crippen LogP contribution is -2.39. The number of nitrogens with zero attached hydrogens (tertiary/aromatic N) is 1. The highest BCUT2D eigenvalue weighted by molar-refractivity contribution is 7.92. The number of amides is 1. The quantitative estimate of drug-likeness (QED) is 0.830. The molecule has 0 aliphatic carbocycles. The molecule has 1 atom stereocenters. The Hall–Kier alpha value is -2.15. The summed E-state index contributed by atoms with van der Waals surface area (Å²) in [7, 11) is -3.63. The highest BCUT2D eigenvalue weighted by Gasteiger charge is 2.28. The molecule has 0 unspecified atom stereocenters. The number of aryl methyl sites for hydroxylation is 1. The van der Waals surface area contributed by atoms with Gasteiger partial charge in [-0.05, 0) is 25.8 Å². The second-order valence-electron chi connectivity index (χ2n) is 5.40. The van der Waals surface area contributed by atoms with Crippen molar-refractivity contribution in [1.29, 1.82) is 0 Å². The molecule has 0 fully saturated rings. The van der Waals surface area contributed by atoms with Crippen LogP contribution in [0.5, 0.6) is 0 Å². The minimum Gasteiger partial charge on any atom is -0.361 e. The average molecular weight is 336 g/mol. The maximum absolute atomic E-state index is 12.2. The zero-order chi connectivity index (χ0) is 16.9. The number of nitrogens with one attached hydrogen (secondary N) is 1. The number of carbonyl (C=O) groups is 1. The largest absolute Gasteiger partial charge is 0.361 e. The Morgan fingerprint density at radius 2 is 2.00 bits per heavy atom. The van der Waals surface area contributed by atoms with Crippen molar-refractivity contribution >= 4 is 15.7 Å². The van der Waals surface area contributed by atoms with Crippen molar-refractivity contribution in [1.82, 2.24) is 10.5 Å². The molecule has 0 aliphatic heterocycles. The molecule has 0 saturated heterocycles. The first kappa shape index (κ1) is 17.2. The summed E-state index contributed by atoms with van der Waals surface area (Å²) in [5, 5.41) is 5.20. The smallest absolute Gasteiger partial charge is 0.238 e. The van der Waals surface area contributed by atoms with Gasteiger partial charge in [0, 0.05) is 12.6 Å². The molecule has 124 valence electrons. The molecule has 0 aliphatic rings. The molecular formula is C16H20N2O4S. The molecule has 0 saturated carbocycles. The Morgan fingerprint density at radius 3 is 2.61 bits per heavy atom. The van der Waals surface area contributed by atoms with Crippen LogP contribution in [0.25, 0.3) is 0 Å². The van der Waals surface area contributed by atoms with Crippen molar-refractivity contribution in [2.75, 3.05) is 6.54 Å². The summed E-state index contributed by atoms with van der Waals surface area (Å²) >= 11 is 0. The van der Waals surface area contributed by atoms with E-state index in [1.54, 1.807) is 13.0 Å². The highest BCUT2D eigenvalue weighted by Crippen LogP contribution is 2.12. The van der Waals surface area contributed by atoms with Crippen molar-refractivity contribution in [3.8, 4) is 0 Å². The Bertz CT molecular complexity index is 753. The lowest BCUT2D eigenvalue weighted by molar-refractivity contribution is -0.120. The number of sulfone groups is 1. The van der Waals surface area contributed by atoms with Crippen LogP contribution in [-0.4, -0.2) is 31.3 Å². The fourth-order valence-electron chi connectivity index (χ4n) is 2.10. The third-order valence-electron chi connectivity index (χ3n) is 3.49. The van der Waals surface area contributed by atoms with Crippen LogP contribution in [0.15, 0.2) is 40.9 Å². The molecule has 1 aromatic heterocycles. The molecule has 23 heavy (non-hydrogen) atoms. The molecule has 0 radical (unpaired) electrons. The Labute approximate surface area is 135 Å². The fraction of sp³-hybridized carbons (Fsp3) is 0.375. The molecule has 2 aromatic rings. The van der Waals surface area contributed by atoms with E-state index in [1.165, 1.54) is 6.92 Å². The first-order valence-corrected chi connectivity index (χ1v) is 9.05. The van der Waals surface area contributed by atoms with Gasteiger partial charge >= 0.3 is 0 Å². The van der Waals surface area contributed by atoms with Gasteiger partial charge in [-0.2, -0.15) is 0 Å². The van der Waals surface area contributed by atoms with E-state index in [-0.39, 0.29) is 5.75 Å². The Balaban J connectivity index is 1.88. The zero-order valence-corrected chi connectivity index (χ0v) is 14.0. The first-order chi connectivity index (χ1) is 10.9. The number of aromatic nitrogens is 1. The zero-order valence-electron chi connectivity index (χ0n) is 13.2. The normalized spacial score (nSPS) is 12.8. The van der Waals surface area contributed by atoms with Crippen LogP contribution in [0.2, 0.25) is 0 Å². The van der Waals surface area contributed by atoms with Gasteiger partial charge in [-0.3, -0.25) is 4.79 Å². The van der Waals surface area contributed by atoms with Crippen molar-refractivity contribution in [2.24, 2.45) is 0 Å². The van der Waals surface area contributed by atoms with Crippen molar-refractivity contribution in [3.63, 3.8) is 0 Å². The molecular weight excluding hydrogens is 316 g/mol. The van der Waals surface area contributed by atoms with Gasteiger partial charge in [-0.1, -0.05) is 35.5 Å². The van der Waals surface area contributed by atoms with Gasteiger partial charge in [-0.15, -0.1) is 0 Å². The standard InChI is InChI=1S/C16H20N2O4S/c1-12-10-15(18-22-12)11-23(20,21)13(2)16(19)17-9-8-14-6-4-3-5-7-14/h3-7,10,13H,8-9,11H2,1-2H3,(H,17,19)/t13-/m0/s1. The van der Waals surface area contributed by atoms with Crippen molar-refractivity contribution < 1.29 is 17.7 Å². The number of rotatable bonds is 7. The molecule has 1 heterocycles. The van der Waals surface area contributed by atoms with Crippen molar-refractivity contribution in [2.45, 2.75) is 31.3 Å². The molecule has 1 amide bonds. The molecule has 7 heteroatoms. The molecule has 1 aromatic carbocycles. The summed E-state index contributed by atoms with van der Waals surface area (Å²) in [5.41, 5.74) is 1.40. The monoisotopic (exact) mass is 336 g/mol. The van der Waals surface area contributed by atoms with Crippen molar-refractivity contribution in [3.05, 3.63) is 53.4 Å². The summed E-state index contributed by atoms with van der Waals surface area (Å²) in [6.45, 7) is 3.47. The summed E-state index contributed by atoms with van der Waals surface area (Å²) in [4.78, 5) is 12.0. The SMILES string of the molecule is Cc1cc(CS(=O)(=O)[C@@H](C)C(=O)NCCc2ccccc2)no1. The third kappa shape index (κ3) is 4.92. The second kappa shape index (κ2) is 7.41. The van der Waals surface area contributed by atoms with E-state index in [0.29, 0.717) is 24.4 Å². The van der Waals surface area contributed by atoms with Gasteiger partial charge in [0.2, 0.25) is 5.91 Å². The number of hydrogen-bond acceptors (Lipinski definition) is 5. The van der Waals surface area contributed by atoms with E-state index < -0.39 is 21.0 Å². The van der Waals surface area contributed by atoms with E-state index in [9.17, 15) is 13.2 Å². The fourth-order valence-corrected chi connectivity index (χ4v) is 3.31. The minimum atomic E-state index is -3.63. The summed E-state index contributed by atoms with van der Waals surface area (Å²) in [6, 6.07) is 11.2. The maximum atomic E-state index is 12.2. The molecule has 1 N–H and O–H groups in total. The lowest BCUT2D eigenvalue weighted by atomic mass is 10.1.